The second-order valence-corrected chi connectivity index (χ2v) is 3.62. The Morgan fingerprint density at radius 2 is 2.15 bits per heavy atom. The Morgan fingerprint density at radius 3 is 2.54 bits per heavy atom. The molecule has 2 nitrogen and oxygen atoms in total. The molecule has 2 atom stereocenters. The predicted octanol–water partition coefficient (Wildman–Crippen LogP) is 2.69. The molecule has 0 saturated carbocycles. The molecule has 0 aromatic carbocycles. The van der Waals surface area contributed by atoms with Gasteiger partial charge in [-0.05, 0) is 19.5 Å². The number of hydrogen-bond acceptors (Lipinski definition) is 2. The van der Waals surface area contributed by atoms with Crippen molar-refractivity contribution < 1.29 is 4.74 Å². The van der Waals surface area contributed by atoms with E-state index in [9.17, 15) is 0 Å². The van der Waals surface area contributed by atoms with E-state index in [1.54, 1.807) is 13.3 Å². The fraction of sp³-hybridized carbons (Fsp3) is 0.818. The molecule has 1 unspecified atom stereocenters. The van der Waals surface area contributed by atoms with Gasteiger partial charge in [-0.3, -0.25) is 0 Å². The minimum absolute atomic E-state index is 0.319. The topological polar surface area (TPSA) is 35.2 Å². The van der Waals surface area contributed by atoms with Crippen LogP contribution < -0.4 is 5.73 Å². The molecule has 0 aliphatic carbocycles. The maximum Gasteiger partial charge on any atom is 0.0634 e. The summed E-state index contributed by atoms with van der Waals surface area (Å²) in [6, 6.07) is 0. The Balaban J connectivity index is 4.06. The molecule has 0 saturated heterocycles. The van der Waals surface area contributed by atoms with Crippen molar-refractivity contribution in [3.05, 3.63) is 11.8 Å². The molecule has 13 heavy (non-hydrogen) atoms. The van der Waals surface area contributed by atoms with Crippen molar-refractivity contribution in [1.29, 1.82) is 0 Å². The largest absolute Gasteiger partial charge is 0.405 e. The first-order chi connectivity index (χ1) is 6.17. The van der Waals surface area contributed by atoms with E-state index in [4.69, 9.17) is 10.5 Å². The maximum absolute atomic E-state index is 5.48. The molecular formula is C11H23NO. The van der Waals surface area contributed by atoms with E-state index < -0.39 is 0 Å². The summed E-state index contributed by atoms with van der Waals surface area (Å²) < 4.78 is 5.44. The van der Waals surface area contributed by atoms with Gasteiger partial charge >= 0.3 is 0 Å². The first kappa shape index (κ1) is 12.5. The highest BCUT2D eigenvalue weighted by Crippen LogP contribution is 2.20. The molecule has 78 valence electrons. The van der Waals surface area contributed by atoms with Crippen LogP contribution in [0.1, 0.15) is 40.0 Å². The van der Waals surface area contributed by atoms with Crippen LogP contribution in [0.3, 0.4) is 0 Å². The molecule has 0 aromatic heterocycles. The summed E-state index contributed by atoms with van der Waals surface area (Å²) in [5.74, 6) is 0.432. The van der Waals surface area contributed by atoms with Crippen LogP contribution in [0.4, 0.5) is 0 Å². The summed E-state index contributed by atoms with van der Waals surface area (Å²) >= 11 is 0. The molecule has 0 aliphatic rings. The van der Waals surface area contributed by atoms with Crippen LogP contribution >= 0.6 is 0 Å². The SMILES string of the molecule is CCCC[C@@H](OC)C(C)/C(C)=C\N. The summed E-state index contributed by atoms with van der Waals surface area (Å²) in [5.41, 5.74) is 6.69. The summed E-state index contributed by atoms with van der Waals surface area (Å²) in [6.45, 7) is 6.42. The van der Waals surface area contributed by atoms with Gasteiger partial charge in [0.25, 0.3) is 0 Å². The lowest BCUT2D eigenvalue weighted by Gasteiger charge is -2.22. The summed E-state index contributed by atoms with van der Waals surface area (Å²) in [6.07, 6.45) is 5.57. The van der Waals surface area contributed by atoms with Gasteiger partial charge in [-0.2, -0.15) is 0 Å². The number of hydrogen-bond donors (Lipinski definition) is 1. The molecule has 0 spiro atoms. The minimum atomic E-state index is 0.319. The number of rotatable bonds is 6. The second kappa shape index (κ2) is 6.96. The standard InChI is InChI=1S/C11H23NO/c1-5-6-7-11(13-4)10(3)9(2)8-12/h8,10-11H,5-7,12H2,1-4H3/b9-8-/t10?,11-/m1/s1. The monoisotopic (exact) mass is 185 g/mol. The van der Waals surface area contributed by atoms with E-state index in [-0.39, 0.29) is 0 Å². The molecular weight excluding hydrogens is 162 g/mol. The second-order valence-electron chi connectivity index (χ2n) is 3.62. The highest BCUT2D eigenvalue weighted by molar-refractivity contribution is 5.02. The normalized spacial score (nSPS) is 17.1. The highest BCUT2D eigenvalue weighted by atomic mass is 16.5. The Labute approximate surface area is 82.2 Å². The van der Waals surface area contributed by atoms with Crippen molar-refractivity contribution in [1.82, 2.24) is 0 Å². The molecule has 2 heteroatoms. The van der Waals surface area contributed by atoms with Crippen molar-refractivity contribution in [3.63, 3.8) is 0 Å². The molecule has 0 fully saturated rings. The van der Waals surface area contributed by atoms with Crippen molar-refractivity contribution in [2.24, 2.45) is 11.7 Å². The number of methoxy groups -OCH3 is 1. The third-order valence-electron chi connectivity index (χ3n) is 2.68. The molecule has 0 rings (SSSR count). The molecule has 0 bridgehead atoms. The van der Waals surface area contributed by atoms with Crippen LogP contribution in [0.2, 0.25) is 0 Å². The van der Waals surface area contributed by atoms with Crippen molar-refractivity contribution in [2.45, 2.75) is 46.1 Å². The van der Waals surface area contributed by atoms with E-state index in [0.29, 0.717) is 12.0 Å². The lowest BCUT2D eigenvalue weighted by Crippen LogP contribution is -2.21. The minimum Gasteiger partial charge on any atom is -0.405 e. The van der Waals surface area contributed by atoms with Crippen LogP contribution in [0.25, 0.3) is 0 Å². The molecule has 0 radical (unpaired) electrons. The summed E-state index contributed by atoms with van der Waals surface area (Å²) in [4.78, 5) is 0. The number of nitrogens with two attached hydrogens (primary N) is 1. The van der Waals surface area contributed by atoms with Crippen LogP contribution in [0.15, 0.2) is 11.8 Å². The Hall–Kier alpha value is -0.500. The van der Waals surface area contributed by atoms with Crippen LogP contribution in [-0.2, 0) is 4.74 Å². The predicted molar refractivity (Wildman–Crippen MR) is 57.4 cm³/mol. The average molecular weight is 185 g/mol. The zero-order chi connectivity index (χ0) is 10.3. The zero-order valence-electron chi connectivity index (χ0n) is 9.34. The van der Waals surface area contributed by atoms with Crippen molar-refractivity contribution >= 4 is 0 Å². The fourth-order valence-electron chi connectivity index (χ4n) is 1.42. The first-order valence-electron chi connectivity index (χ1n) is 5.08. The van der Waals surface area contributed by atoms with E-state index in [0.717, 1.165) is 6.42 Å². The van der Waals surface area contributed by atoms with Crippen LogP contribution in [0.5, 0.6) is 0 Å². The Kier molecular flexibility index (Phi) is 6.69. The van der Waals surface area contributed by atoms with Gasteiger partial charge in [-0.15, -0.1) is 0 Å². The van der Waals surface area contributed by atoms with Crippen LogP contribution in [0, 0.1) is 5.92 Å². The van der Waals surface area contributed by atoms with Gasteiger partial charge in [-0.1, -0.05) is 32.3 Å². The maximum atomic E-state index is 5.48. The van der Waals surface area contributed by atoms with E-state index >= 15 is 0 Å². The molecule has 0 aliphatic heterocycles. The van der Waals surface area contributed by atoms with E-state index in [1.807, 2.05) is 0 Å². The third-order valence-corrected chi connectivity index (χ3v) is 2.68. The van der Waals surface area contributed by atoms with Gasteiger partial charge in [0.15, 0.2) is 0 Å². The lowest BCUT2D eigenvalue weighted by molar-refractivity contribution is 0.0618. The molecule has 0 heterocycles. The smallest absolute Gasteiger partial charge is 0.0634 e. The highest BCUT2D eigenvalue weighted by Gasteiger charge is 2.16. The molecule has 2 N–H and O–H groups in total. The van der Waals surface area contributed by atoms with Gasteiger partial charge in [-0.25, -0.2) is 0 Å². The van der Waals surface area contributed by atoms with Crippen LogP contribution in [-0.4, -0.2) is 13.2 Å². The zero-order valence-corrected chi connectivity index (χ0v) is 9.34. The number of unbranched alkanes of at least 4 members (excludes halogenated alkanes) is 1. The number of ether oxygens (including phenoxy) is 1. The quantitative estimate of drug-likeness (QED) is 0.690. The van der Waals surface area contributed by atoms with Gasteiger partial charge in [0.05, 0.1) is 6.10 Å². The summed E-state index contributed by atoms with van der Waals surface area (Å²) in [7, 11) is 1.78. The van der Waals surface area contributed by atoms with E-state index in [1.165, 1.54) is 18.4 Å². The van der Waals surface area contributed by atoms with Gasteiger partial charge in [0.1, 0.15) is 0 Å². The Bertz CT molecular complexity index is 154. The van der Waals surface area contributed by atoms with E-state index in [2.05, 4.69) is 20.8 Å². The molecule has 0 aromatic rings. The average Bonchev–Trinajstić information content (AvgIpc) is 2.17. The van der Waals surface area contributed by atoms with Gasteiger partial charge in [0, 0.05) is 13.0 Å². The fourth-order valence-corrected chi connectivity index (χ4v) is 1.42. The summed E-state index contributed by atoms with van der Waals surface area (Å²) in [5, 5.41) is 0. The lowest BCUT2D eigenvalue weighted by atomic mass is 9.93. The van der Waals surface area contributed by atoms with Gasteiger partial charge in [0.2, 0.25) is 0 Å². The Morgan fingerprint density at radius 1 is 1.54 bits per heavy atom. The van der Waals surface area contributed by atoms with Crippen molar-refractivity contribution in [3.8, 4) is 0 Å². The molecule has 0 amide bonds. The third kappa shape index (κ3) is 4.32. The first-order valence-corrected chi connectivity index (χ1v) is 5.08. The van der Waals surface area contributed by atoms with Crippen molar-refractivity contribution in [2.75, 3.05) is 7.11 Å². The van der Waals surface area contributed by atoms with Gasteiger partial charge < -0.3 is 10.5 Å².